The van der Waals surface area contributed by atoms with E-state index in [1.165, 1.54) is 35.8 Å². The van der Waals surface area contributed by atoms with Crippen molar-refractivity contribution in [1.82, 2.24) is 10.6 Å². The van der Waals surface area contributed by atoms with Crippen LogP contribution < -0.4 is 10.6 Å². The van der Waals surface area contributed by atoms with Crippen molar-refractivity contribution in [2.75, 3.05) is 38.2 Å². The second-order valence-corrected chi connectivity index (χ2v) is 12.0. The van der Waals surface area contributed by atoms with E-state index in [1.807, 2.05) is 24.6 Å². The maximum atomic E-state index is 13.1. The van der Waals surface area contributed by atoms with Crippen molar-refractivity contribution in [3.63, 3.8) is 0 Å². The number of hydrogen-bond donors (Lipinski definition) is 2. The van der Waals surface area contributed by atoms with Crippen LogP contribution in [0.2, 0.25) is 0 Å². The summed E-state index contributed by atoms with van der Waals surface area (Å²) in [5.41, 5.74) is 0.820. The van der Waals surface area contributed by atoms with E-state index in [1.54, 1.807) is 59.9 Å². The Hall–Kier alpha value is -2.28. The number of hydrogen-bond acceptors (Lipinski definition) is 10. The van der Waals surface area contributed by atoms with Crippen LogP contribution in [0.1, 0.15) is 33.6 Å². The average Bonchev–Trinajstić information content (AvgIpc) is 2.95. The summed E-state index contributed by atoms with van der Waals surface area (Å²) in [5, 5.41) is 5.56. The minimum atomic E-state index is -0.746. The Labute approximate surface area is 239 Å². The van der Waals surface area contributed by atoms with Gasteiger partial charge in [0.25, 0.3) is 11.8 Å². The van der Waals surface area contributed by atoms with Crippen LogP contribution in [0.4, 0.5) is 0 Å². The van der Waals surface area contributed by atoms with Crippen LogP contribution in [-0.2, 0) is 19.1 Å². The molecule has 0 aromatic heterocycles. The topological polar surface area (TPSA) is 111 Å². The Morgan fingerprint density at radius 3 is 1.39 bits per heavy atom. The van der Waals surface area contributed by atoms with Gasteiger partial charge in [-0.2, -0.15) is 23.5 Å². The summed E-state index contributed by atoms with van der Waals surface area (Å²) in [6.07, 6.45) is 4.76. The normalized spacial score (nSPS) is 12.2. The van der Waals surface area contributed by atoms with Crippen LogP contribution in [0.15, 0.2) is 58.3 Å². The summed E-state index contributed by atoms with van der Waals surface area (Å²) in [5.74, 6) is -0.361. The molecule has 8 nitrogen and oxygen atoms in total. The Morgan fingerprint density at radius 2 is 1.05 bits per heavy atom. The molecule has 0 saturated heterocycles. The van der Waals surface area contributed by atoms with Gasteiger partial charge in [-0.1, -0.05) is 45.9 Å². The lowest BCUT2D eigenvalue weighted by molar-refractivity contribution is -0.143. The molecule has 38 heavy (non-hydrogen) atoms. The second-order valence-electron chi connectivity index (χ2n) is 7.82. The van der Waals surface area contributed by atoms with Crippen molar-refractivity contribution in [2.24, 2.45) is 0 Å². The van der Waals surface area contributed by atoms with Crippen LogP contribution in [0.5, 0.6) is 0 Å². The molecule has 0 unspecified atom stereocenters. The summed E-state index contributed by atoms with van der Waals surface area (Å²) in [4.78, 5) is 51.8. The van der Waals surface area contributed by atoms with Crippen LogP contribution in [0.25, 0.3) is 0 Å². The van der Waals surface area contributed by atoms with Crippen LogP contribution in [0.3, 0.4) is 0 Å². The zero-order chi connectivity index (χ0) is 27.9. The van der Waals surface area contributed by atoms with Gasteiger partial charge in [0.05, 0.1) is 25.3 Å². The first-order chi connectivity index (χ1) is 18.4. The number of benzene rings is 2. The van der Waals surface area contributed by atoms with Gasteiger partial charge in [0, 0.05) is 9.79 Å². The molecule has 0 aliphatic rings. The summed E-state index contributed by atoms with van der Waals surface area (Å²) in [6.45, 7) is 0. The minimum absolute atomic E-state index is 0.383. The quantitative estimate of drug-likeness (QED) is 0.225. The molecule has 0 heterocycles. The van der Waals surface area contributed by atoms with Crippen molar-refractivity contribution < 1.29 is 28.7 Å². The van der Waals surface area contributed by atoms with E-state index < -0.39 is 24.0 Å². The zero-order valence-electron chi connectivity index (χ0n) is 21.7. The molecule has 0 aliphatic heterocycles. The predicted molar refractivity (Wildman–Crippen MR) is 157 cm³/mol. The van der Waals surface area contributed by atoms with E-state index in [0.29, 0.717) is 45.3 Å². The van der Waals surface area contributed by atoms with Gasteiger partial charge in [0.15, 0.2) is 0 Å². The van der Waals surface area contributed by atoms with E-state index in [-0.39, 0.29) is 11.8 Å². The molecule has 0 saturated carbocycles. The largest absolute Gasteiger partial charge is 0.467 e. The third kappa shape index (κ3) is 9.79. The molecule has 2 aromatic rings. The fourth-order valence-electron chi connectivity index (χ4n) is 3.27. The molecule has 0 aliphatic carbocycles. The second kappa shape index (κ2) is 17.3. The molecular formula is C26H32N2O6S4. The highest BCUT2D eigenvalue weighted by Crippen LogP contribution is 2.40. The van der Waals surface area contributed by atoms with E-state index >= 15 is 0 Å². The summed E-state index contributed by atoms with van der Waals surface area (Å²) < 4.78 is 9.70. The fraction of sp³-hybridized carbons (Fsp3) is 0.385. The molecule has 0 spiro atoms. The lowest BCUT2D eigenvalue weighted by Crippen LogP contribution is -2.42. The number of amides is 2. The monoisotopic (exact) mass is 596 g/mol. The predicted octanol–water partition coefficient (Wildman–Crippen LogP) is 4.54. The van der Waals surface area contributed by atoms with E-state index in [4.69, 9.17) is 9.47 Å². The first-order valence-corrected chi connectivity index (χ1v) is 16.6. The van der Waals surface area contributed by atoms with E-state index in [0.717, 1.165) is 0 Å². The lowest BCUT2D eigenvalue weighted by atomic mass is 10.1. The van der Waals surface area contributed by atoms with Gasteiger partial charge in [-0.15, -0.1) is 0 Å². The number of ether oxygens (including phenoxy) is 2. The van der Waals surface area contributed by atoms with Crippen molar-refractivity contribution in [1.29, 1.82) is 0 Å². The van der Waals surface area contributed by atoms with Crippen molar-refractivity contribution in [2.45, 2.75) is 34.7 Å². The molecule has 2 atom stereocenters. The van der Waals surface area contributed by atoms with Gasteiger partial charge in [0.2, 0.25) is 0 Å². The third-order valence-corrected chi connectivity index (χ3v) is 9.06. The number of nitrogens with one attached hydrogen (secondary N) is 2. The smallest absolute Gasteiger partial charge is 0.328 e. The molecule has 12 heteroatoms. The average molecular weight is 597 g/mol. The molecule has 2 N–H and O–H groups in total. The number of methoxy groups -OCH3 is 2. The SMILES string of the molecule is COC(=O)[C@H](CCSC)NC(=O)c1ccccc1SSc1ccccc1C(=O)N[C@@H](CCSC)C(=O)OC. The number of thioether (sulfide) groups is 2. The first-order valence-electron chi connectivity index (χ1n) is 11.6. The number of carbonyl (C=O) groups is 4. The molecule has 2 rings (SSSR count). The summed E-state index contributed by atoms with van der Waals surface area (Å²) in [7, 11) is 5.24. The number of carbonyl (C=O) groups excluding carboxylic acids is 4. The van der Waals surface area contributed by atoms with Crippen LogP contribution in [0, 0.1) is 0 Å². The maximum absolute atomic E-state index is 13.1. The minimum Gasteiger partial charge on any atom is -0.467 e. The lowest BCUT2D eigenvalue weighted by Gasteiger charge is -2.18. The Kier molecular flexibility index (Phi) is 14.6. The van der Waals surface area contributed by atoms with Crippen molar-refractivity contribution in [3.05, 3.63) is 59.7 Å². The van der Waals surface area contributed by atoms with Crippen LogP contribution >= 0.6 is 45.1 Å². The first kappa shape index (κ1) is 31.9. The summed E-state index contributed by atoms with van der Waals surface area (Å²) in [6, 6.07) is 12.6. The molecule has 206 valence electrons. The molecule has 2 amide bonds. The van der Waals surface area contributed by atoms with Gasteiger partial charge < -0.3 is 20.1 Å². The molecule has 0 fully saturated rings. The van der Waals surface area contributed by atoms with Gasteiger partial charge in [0.1, 0.15) is 12.1 Å². The van der Waals surface area contributed by atoms with Crippen molar-refractivity contribution in [3.8, 4) is 0 Å². The van der Waals surface area contributed by atoms with Gasteiger partial charge in [-0.25, -0.2) is 9.59 Å². The molecule has 0 bridgehead atoms. The Morgan fingerprint density at radius 1 is 0.684 bits per heavy atom. The highest BCUT2D eigenvalue weighted by molar-refractivity contribution is 8.76. The zero-order valence-corrected chi connectivity index (χ0v) is 25.0. The Bertz CT molecular complexity index is 1020. The van der Waals surface area contributed by atoms with Gasteiger partial charge in [-0.05, 0) is 61.1 Å². The third-order valence-electron chi connectivity index (χ3n) is 5.29. The summed E-state index contributed by atoms with van der Waals surface area (Å²) >= 11 is 3.15. The highest BCUT2D eigenvalue weighted by Gasteiger charge is 2.25. The molecular weight excluding hydrogens is 565 g/mol. The number of esters is 2. The molecule has 0 radical (unpaired) electrons. The van der Waals surface area contributed by atoms with Crippen molar-refractivity contribution >= 4 is 68.9 Å². The number of rotatable bonds is 15. The van der Waals surface area contributed by atoms with Crippen LogP contribution in [-0.4, -0.2) is 74.1 Å². The highest BCUT2D eigenvalue weighted by atomic mass is 33.1. The van der Waals surface area contributed by atoms with E-state index in [2.05, 4.69) is 10.6 Å². The fourth-order valence-corrected chi connectivity index (χ4v) is 6.57. The standard InChI is InChI=1S/C26H32N2O6S4/c1-33-25(31)19(13-15-35-3)27-23(29)17-9-5-7-11-21(17)37-38-22-12-8-6-10-18(22)24(30)28-20(14-16-36-4)26(32)34-2/h5-12,19-20H,13-16H2,1-4H3,(H,27,29)(H,28,30)/t19-,20-/m0/s1. The van der Waals surface area contributed by atoms with E-state index in [9.17, 15) is 19.2 Å². The van der Waals surface area contributed by atoms with Gasteiger partial charge in [-0.3, -0.25) is 9.59 Å². The molecule has 2 aromatic carbocycles. The maximum Gasteiger partial charge on any atom is 0.328 e. The Balaban J connectivity index is 2.18. The van der Waals surface area contributed by atoms with Gasteiger partial charge >= 0.3 is 11.9 Å².